The van der Waals surface area contributed by atoms with Crippen LogP contribution in [0, 0.1) is 11.2 Å². The molecule has 1 aliphatic rings. The highest BCUT2D eigenvalue weighted by atomic mass is 19.1. The van der Waals surface area contributed by atoms with Crippen molar-refractivity contribution in [1.82, 2.24) is 4.90 Å². The van der Waals surface area contributed by atoms with Gasteiger partial charge in [-0.05, 0) is 17.0 Å². The van der Waals surface area contributed by atoms with E-state index >= 15 is 0 Å². The molecule has 0 aliphatic carbocycles. The van der Waals surface area contributed by atoms with Crippen LogP contribution in [0.15, 0.2) is 59.8 Å². The quantitative estimate of drug-likeness (QED) is 0.721. The second kappa shape index (κ2) is 8.55. The molecule has 0 N–H and O–H groups in total. The maximum atomic E-state index is 14.0. The van der Waals surface area contributed by atoms with Gasteiger partial charge >= 0.3 is 0 Å². The molecule has 3 rings (SSSR count). The van der Waals surface area contributed by atoms with Crippen molar-refractivity contribution < 1.29 is 14.0 Å². The smallest absolute Gasteiger partial charge is 0.223 e. The summed E-state index contributed by atoms with van der Waals surface area (Å²) in [7, 11) is 0. The highest BCUT2D eigenvalue weighted by Crippen LogP contribution is 2.24. The molecule has 0 saturated carbocycles. The summed E-state index contributed by atoms with van der Waals surface area (Å²) in [5, 5.41) is 4.08. The molecule has 0 fully saturated rings. The molecule has 148 valence electrons. The maximum absolute atomic E-state index is 14.0. The molecule has 0 aromatic heterocycles. The third-order valence-electron chi connectivity index (χ3n) is 4.59. The Morgan fingerprint density at radius 1 is 1.14 bits per heavy atom. The van der Waals surface area contributed by atoms with Crippen LogP contribution in [-0.4, -0.2) is 29.2 Å². The third kappa shape index (κ3) is 5.41. The van der Waals surface area contributed by atoms with Crippen LogP contribution in [0.1, 0.15) is 44.7 Å². The first-order valence-corrected chi connectivity index (χ1v) is 9.61. The van der Waals surface area contributed by atoms with E-state index in [2.05, 4.69) is 25.9 Å². The van der Waals surface area contributed by atoms with E-state index in [1.807, 2.05) is 35.2 Å². The van der Waals surface area contributed by atoms with Gasteiger partial charge in [0.25, 0.3) is 0 Å². The van der Waals surface area contributed by atoms with Gasteiger partial charge in [0, 0.05) is 24.9 Å². The van der Waals surface area contributed by atoms with Crippen LogP contribution < -0.4 is 0 Å². The van der Waals surface area contributed by atoms with E-state index in [4.69, 9.17) is 4.84 Å². The van der Waals surface area contributed by atoms with Crippen molar-refractivity contribution in [2.45, 2.75) is 46.3 Å². The lowest BCUT2D eigenvalue weighted by Crippen LogP contribution is -2.38. The number of hydrogen-bond acceptors (Lipinski definition) is 3. The molecule has 1 aliphatic heterocycles. The molecule has 5 heteroatoms. The van der Waals surface area contributed by atoms with Crippen LogP contribution in [0.5, 0.6) is 0 Å². The summed E-state index contributed by atoms with van der Waals surface area (Å²) >= 11 is 0. The first-order chi connectivity index (χ1) is 13.3. The molecule has 1 heterocycles. The number of oxime groups is 1. The van der Waals surface area contributed by atoms with Gasteiger partial charge in [-0.2, -0.15) is 0 Å². The molecule has 2 aromatic rings. The molecule has 0 saturated heterocycles. The van der Waals surface area contributed by atoms with Crippen molar-refractivity contribution in [2.24, 2.45) is 10.6 Å². The number of halogens is 1. The van der Waals surface area contributed by atoms with Gasteiger partial charge < -0.3 is 9.74 Å². The Labute approximate surface area is 166 Å². The number of hydrogen-bond donors (Lipinski definition) is 0. The number of carbonyl (C=O) groups is 1. The Kier molecular flexibility index (Phi) is 6.12. The highest BCUT2D eigenvalue weighted by Gasteiger charge is 2.29. The Bertz CT molecular complexity index is 843. The zero-order valence-electron chi connectivity index (χ0n) is 16.7. The summed E-state index contributed by atoms with van der Waals surface area (Å²) in [6, 6.07) is 16.5. The monoisotopic (exact) mass is 382 g/mol. The Balaban J connectivity index is 1.69. The molecule has 1 amide bonds. The van der Waals surface area contributed by atoms with Crippen LogP contribution in [0.2, 0.25) is 0 Å². The Morgan fingerprint density at radius 3 is 2.50 bits per heavy atom. The van der Waals surface area contributed by atoms with E-state index in [0.29, 0.717) is 37.2 Å². The van der Waals surface area contributed by atoms with Crippen LogP contribution in [-0.2, 0) is 16.2 Å². The molecule has 28 heavy (non-hydrogen) atoms. The predicted molar refractivity (Wildman–Crippen MR) is 108 cm³/mol. The zero-order chi connectivity index (χ0) is 20.1. The summed E-state index contributed by atoms with van der Waals surface area (Å²) in [4.78, 5) is 20.3. The summed E-state index contributed by atoms with van der Waals surface area (Å²) in [6.45, 7) is 7.10. The van der Waals surface area contributed by atoms with Crippen molar-refractivity contribution in [3.8, 4) is 0 Å². The lowest BCUT2D eigenvalue weighted by atomic mass is 9.91. The van der Waals surface area contributed by atoms with Crippen LogP contribution in [0.4, 0.5) is 4.39 Å². The second-order valence-electron chi connectivity index (χ2n) is 8.45. The minimum Gasteiger partial charge on any atom is -0.390 e. The first-order valence-electron chi connectivity index (χ1n) is 9.61. The largest absolute Gasteiger partial charge is 0.390 e. The lowest BCUT2D eigenvalue weighted by Gasteiger charge is -2.28. The Morgan fingerprint density at radius 2 is 1.82 bits per heavy atom. The van der Waals surface area contributed by atoms with E-state index < -0.39 is 0 Å². The van der Waals surface area contributed by atoms with Gasteiger partial charge in [0.2, 0.25) is 5.91 Å². The minimum atomic E-state index is -0.310. The molecule has 4 nitrogen and oxygen atoms in total. The maximum Gasteiger partial charge on any atom is 0.223 e. The van der Waals surface area contributed by atoms with E-state index in [0.717, 1.165) is 5.56 Å². The van der Waals surface area contributed by atoms with Crippen LogP contribution in [0.25, 0.3) is 0 Å². The minimum absolute atomic E-state index is 0.0827. The standard InChI is InChI=1S/C23H27FN2O2/c1-23(2,3)14-22(27)26(15-17-9-5-4-6-10-17)16-18-13-21(25-28-18)19-11-7-8-12-20(19)24/h4-12,18H,13-16H2,1-3H3/t18-/m0/s1. The summed E-state index contributed by atoms with van der Waals surface area (Å²) in [6.07, 6.45) is 0.657. The van der Waals surface area contributed by atoms with Gasteiger partial charge in [-0.1, -0.05) is 74.5 Å². The number of benzene rings is 2. The van der Waals surface area contributed by atoms with Gasteiger partial charge in [-0.25, -0.2) is 4.39 Å². The van der Waals surface area contributed by atoms with E-state index in [-0.39, 0.29) is 23.2 Å². The highest BCUT2D eigenvalue weighted by molar-refractivity contribution is 6.01. The van der Waals surface area contributed by atoms with Gasteiger partial charge in [0.05, 0.1) is 12.3 Å². The van der Waals surface area contributed by atoms with Crippen LogP contribution >= 0.6 is 0 Å². The van der Waals surface area contributed by atoms with E-state index in [1.54, 1.807) is 18.2 Å². The zero-order valence-corrected chi connectivity index (χ0v) is 16.7. The molecule has 0 spiro atoms. The average molecular weight is 382 g/mol. The average Bonchev–Trinajstić information content (AvgIpc) is 3.09. The van der Waals surface area contributed by atoms with Gasteiger partial charge in [0.1, 0.15) is 5.82 Å². The molecule has 0 bridgehead atoms. The van der Waals surface area contributed by atoms with Crippen molar-refractivity contribution >= 4 is 11.6 Å². The molecule has 0 unspecified atom stereocenters. The second-order valence-corrected chi connectivity index (χ2v) is 8.45. The fourth-order valence-electron chi connectivity index (χ4n) is 3.25. The van der Waals surface area contributed by atoms with Crippen molar-refractivity contribution in [1.29, 1.82) is 0 Å². The van der Waals surface area contributed by atoms with Crippen molar-refractivity contribution in [3.63, 3.8) is 0 Å². The van der Waals surface area contributed by atoms with Gasteiger partial charge in [-0.3, -0.25) is 4.79 Å². The van der Waals surface area contributed by atoms with Gasteiger partial charge in [0.15, 0.2) is 6.10 Å². The third-order valence-corrected chi connectivity index (χ3v) is 4.59. The number of nitrogens with zero attached hydrogens (tertiary/aromatic N) is 2. The number of amides is 1. The van der Waals surface area contributed by atoms with E-state index in [1.165, 1.54) is 6.07 Å². The predicted octanol–water partition coefficient (Wildman–Crippen LogP) is 4.78. The summed E-state index contributed by atoms with van der Waals surface area (Å²) in [5.74, 6) is -0.227. The van der Waals surface area contributed by atoms with Crippen LogP contribution in [0.3, 0.4) is 0 Å². The van der Waals surface area contributed by atoms with Gasteiger partial charge in [-0.15, -0.1) is 0 Å². The summed E-state index contributed by atoms with van der Waals surface area (Å²) < 4.78 is 14.0. The summed E-state index contributed by atoms with van der Waals surface area (Å²) in [5.41, 5.74) is 2.02. The van der Waals surface area contributed by atoms with E-state index in [9.17, 15) is 9.18 Å². The van der Waals surface area contributed by atoms with Crippen molar-refractivity contribution in [2.75, 3.05) is 6.54 Å². The molecule has 1 atom stereocenters. The molecule has 0 radical (unpaired) electrons. The molecule has 2 aromatic carbocycles. The normalized spacial score (nSPS) is 16.4. The molecular weight excluding hydrogens is 355 g/mol. The fraction of sp³-hybridized carbons (Fsp3) is 0.391. The lowest BCUT2D eigenvalue weighted by molar-refractivity contribution is -0.135. The fourth-order valence-corrected chi connectivity index (χ4v) is 3.25. The Hall–Kier alpha value is -2.69. The topological polar surface area (TPSA) is 41.9 Å². The van der Waals surface area contributed by atoms with Crippen molar-refractivity contribution in [3.05, 3.63) is 71.5 Å². The SMILES string of the molecule is CC(C)(C)CC(=O)N(Cc1ccccc1)C[C@@H]1CC(c2ccccc2F)=NO1. The molecular formula is C23H27FN2O2. The number of rotatable bonds is 6. The first kappa shape index (κ1) is 20.1. The number of carbonyl (C=O) groups excluding carboxylic acids is 1.